The second-order valence-electron chi connectivity index (χ2n) is 7.77. The van der Waals surface area contributed by atoms with Crippen LogP contribution in [0.2, 0.25) is 0 Å². The third kappa shape index (κ3) is 3.13. The lowest BCUT2D eigenvalue weighted by Gasteiger charge is -2.47. The molecule has 0 radical (unpaired) electrons. The first kappa shape index (κ1) is 17.9. The zero-order valence-electron chi connectivity index (χ0n) is 14.5. The molecule has 1 aliphatic heterocycles. The molecule has 1 amide bonds. The van der Waals surface area contributed by atoms with E-state index in [1.54, 1.807) is 4.90 Å². The minimum absolute atomic E-state index is 0.227. The van der Waals surface area contributed by atoms with Gasteiger partial charge >= 0.3 is 0 Å². The summed E-state index contributed by atoms with van der Waals surface area (Å²) in [6.07, 6.45) is 5.32. The Labute approximate surface area is 152 Å². The number of amides is 1. The zero-order chi connectivity index (χ0) is 18.5. The summed E-state index contributed by atoms with van der Waals surface area (Å²) in [5.41, 5.74) is -0.662. The molecule has 1 saturated heterocycles. The second-order valence-corrected chi connectivity index (χ2v) is 9.63. The number of carbonyl (C=O) groups excluding carboxylic acids is 1. The van der Waals surface area contributed by atoms with Crippen LogP contribution in [0.1, 0.15) is 38.5 Å². The second kappa shape index (κ2) is 6.27. The van der Waals surface area contributed by atoms with E-state index < -0.39 is 32.1 Å². The predicted molar refractivity (Wildman–Crippen MR) is 90.8 cm³/mol. The van der Waals surface area contributed by atoms with E-state index in [1.165, 1.54) is 4.31 Å². The number of sulfonamides is 1. The number of benzene rings is 1. The normalized spacial score (nSPS) is 23.8. The van der Waals surface area contributed by atoms with Crippen molar-refractivity contribution in [1.29, 1.82) is 0 Å². The molecule has 0 unspecified atom stereocenters. The van der Waals surface area contributed by atoms with Crippen LogP contribution in [0.4, 0.5) is 8.78 Å². The molecular formula is C18H22F2N2O3S. The van der Waals surface area contributed by atoms with Gasteiger partial charge in [0.05, 0.1) is 17.0 Å². The van der Waals surface area contributed by atoms with Crippen molar-refractivity contribution in [2.75, 3.05) is 19.6 Å². The highest BCUT2D eigenvalue weighted by Gasteiger charge is 2.52. The van der Waals surface area contributed by atoms with Gasteiger partial charge in [-0.2, -0.15) is 4.31 Å². The van der Waals surface area contributed by atoms with E-state index in [-0.39, 0.29) is 12.5 Å². The van der Waals surface area contributed by atoms with Crippen LogP contribution < -0.4 is 0 Å². The van der Waals surface area contributed by atoms with Gasteiger partial charge < -0.3 is 4.90 Å². The maximum atomic E-state index is 13.6. The van der Waals surface area contributed by atoms with Gasteiger partial charge in [-0.15, -0.1) is 0 Å². The smallest absolute Gasteiger partial charge is 0.244 e. The summed E-state index contributed by atoms with van der Waals surface area (Å²) in [5, 5.41) is 0. The van der Waals surface area contributed by atoms with Crippen LogP contribution in [-0.4, -0.2) is 48.7 Å². The highest BCUT2D eigenvalue weighted by molar-refractivity contribution is 7.89. The quantitative estimate of drug-likeness (QED) is 0.802. The Morgan fingerprint density at radius 2 is 1.69 bits per heavy atom. The molecule has 1 aromatic rings. The Balaban J connectivity index is 1.70. The highest BCUT2D eigenvalue weighted by atomic mass is 32.2. The number of halogens is 2. The van der Waals surface area contributed by atoms with Gasteiger partial charge in [-0.05, 0) is 43.7 Å². The van der Waals surface area contributed by atoms with Gasteiger partial charge in [-0.1, -0.05) is 12.8 Å². The first-order valence-corrected chi connectivity index (χ1v) is 10.5. The molecule has 0 atom stereocenters. The van der Waals surface area contributed by atoms with E-state index in [0.717, 1.165) is 37.8 Å². The Bertz CT molecular complexity index is 813. The standard InChI is InChI=1S/C18H22F2N2O3S/c19-14-7-15(20)9-16(8-14)26(24,25)22-11-17(23)21(10-13-3-4-13)12-18(22)5-1-2-6-18/h7-9,13H,1-6,10-12H2. The first-order chi connectivity index (χ1) is 12.3. The van der Waals surface area contributed by atoms with Crippen molar-refractivity contribution < 1.29 is 22.0 Å². The third-order valence-corrected chi connectivity index (χ3v) is 7.71. The van der Waals surface area contributed by atoms with E-state index in [2.05, 4.69) is 0 Å². The fourth-order valence-corrected chi connectivity index (χ4v) is 6.08. The van der Waals surface area contributed by atoms with Gasteiger partial charge in [-0.25, -0.2) is 17.2 Å². The number of rotatable bonds is 4. The summed E-state index contributed by atoms with van der Waals surface area (Å²) in [6.45, 7) is 0.801. The molecular weight excluding hydrogens is 362 g/mol. The van der Waals surface area contributed by atoms with E-state index in [1.807, 2.05) is 0 Å². The number of piperazine rings is 1. The van der Waals surface area contributed by atoms with Crippen LogP contribution in [0, 0.1) is 17.6 Å². The minimum atomic E-state index is -4.16. The molecule has 1 aromatic carbocycles. The van der Waals surface area contributed by atoms with E-state index in [0.29, 0.717) is 37.9 Å². The molecule has 3 fully saturated rings. The Hall–Kier alpha value is -1.54. The molecule has 0 N–H and O–H groups in total. The fraction of sp³-hybridized carbons (Fsp3) is 0.611. The maximum Gasteiger partial charge on any atom is 0.244 e. The van der Waals surface area contributed by atoms with Crippen LogP contribution in [-0.2, 0) is 14.8 Å². The first-order valence-electron chi connectivity index (χ1n) is 9.07. The highest BCUT2D eigenvalue weighted by Crippen LogP contribution is 2.42. The van der Waals surface area contributed by atoms with Crippen LogP contribution in [0.3, 0.4) is 0 Å². The molecule has 26 heavy (non-hydrogen) atoms. The van der Waals surface area contributed by atoms with Gasteiger partial charge in [0.2, 0.25) is 15.9 Å². The molecule has 142 valence electrons. The zero-order valence-corrected chi connectivity index (χ0v) is 15.3. The number of nitrogens with zero attached hydrogens (tertiary/aromatic N) is 2. The average molecular weight is 384 g/mol. The van der Waals surface area contributed by atoms with Crippen molar-refractivity contribution in [3.05, 3.63) is 29.8 Å². The van der Waals surface area contributed by atoms with Crippen molar-refractivity contribution in [3.63, 3.8) is 0 Å². The summed E-state index contributed by atoms with van der Waals surface area (Å²) in [6, 6.07) is 2.29. The monoisotopic (exact) mass is 384 g/mol. The molecule has 1 spiro atoms. The fourth-order valence-electron chi connectivity index (χ4n) is 4.28. The number of hydrogen-bond acceptors (Lipinski definition) is 3. The largest absolute Gasteiger partial charge is 0.339 e. The molecule has 3 aliphatic rings. The Morgan fingerprint density at radius 1 is 1.08 bits per heavy atom. The molecule has 1 heterocycles. The van der Waals surface area contributed by atoms with Crippen molar-refractivity contribution in [3.8, 4) is 0 Å². The van der Waals surface area contributed by atoms with Crippen molar-refractivity contribution in [1.82, 2.24) is 9.21 Å². The lowest BCUT2D eigenvalue weighted by atomic mass is 9.94. The summed E-state index contributed by atoms with van der Waals surface area (Å²) in [7, 11) is -4.16. The van der Waals surface area contributed by atoms with Gasteiger partial charge in [0, 0.05) is 19.2 Å². The Morgan fingerprint density at radius 3 is 2.27 bits per heavy atom. The SMILES string of the molecule is O=C1CN(S(=O)(=O)c2cc(F)cc(F)c2)C2(CCCC2)CN1CC1CC1. The van der Waals surface area contributed by atoms with Crippen molar-refractivity contribution in [2.24, 2.45) is 5.92 Å². The number of hydrogen-bond donors (Lipinski definition) is 0. The van der Waals surface area contributed by atoms with Crippen LogP contribution >= 0.6 is 0 Å². The van der Waals surface area contributed by atoms with E-state index in [4.69, 9.17) is 0 Å². The van der Waals surface area contributed by atoms with Gasteiger partial charge in [0.15, 0.2) is 0 Å². The predicted octanol–water partition coefficient (Wildman–Crippen LogP) is 2.52. The van der Waals surface area contributed by atoms with E-state index >= 15 is 0 Å². The minimum Gasteiger partial charge on any atom is -0.339 e. The maximum absolute atomic E-state index is 13.6. The number of carbonyl (C=O) groups is 1. The summed E-state index contributed by atoms with van der Waals surface area (Å²) in [5.74, 6) is -1.58. The van der Waals surface area contributed by atoms with Crippen molar-refractivity contribution >= 4 is 15.9 Å². The molecule has 2 aliphatic carbocycles. The summed E-state index contributed by atoms with van der Waals surface area (Å²) >= 11 is 0. The van der Waals surface area contributed by atoms with Crippen molar-refractivity contribution in [2.45, 2.75) is 49.0 Å². The molecule has 0 aromatic heterocycles. The molecule has 8 heteroatoms. The average Bonchev–Trinajstić information content (AvgIpc) is 3.26. The van der Waals surface area contributed by atoms with Crippen LogP contribution in [0.5, 0.6) is 0 Å². The van der Waals surface area contributed by atoms with E-state index in [9.17, 15) is 22.0 Å². The van der Waals surface area contributed by atoms with Crippen LogP contribution in [0.15, 0.2) is 23.1 Å². The lowest BCUT2D eigenvalue weighted by molar-refractivity contribution is -0.139. The molecule has 5 nitrogen and oxygen atoms in total. The summed E-state index contributed by atoms with van der Waals surface area (Å²) < 4.78 is 54.7. The Kier molecular flexibility index (Phi) is 4.30. The topological polar surface area (TPSA) is 57.7 Å². The van der Waals surface area contributed by atoms with Gasteiger partial charge in [0.25, 0.3) is 0 Å². The van der Waals surface area contributed by atoms with Gasteiger partial charge in [-0.3, -0.25) is 4.79 Å². The molecule has 4 rings (SSSR count). The molecule has 0 bridgehead atoms. The molecule has 2 saturated carbocycles. The third-order valence-electron chi connectivity index (χ3n) is 5.78. The van der Waals surface area contributed by atoms with Crippen LogP contribution in [0.25, 0.3) is 0 Å². The van der Waals surface area contributed by atoms with Gasteiger partial charge in [0.1, 0.15) is 11.6 Å². The lowest BCUT2D eigenvalue weighted by Crippen LogP contribution is -2.64. The summed E-state index contributed by atoms with van der Waals surface area (Å²) in [4.78, 5) is 14.0.